The van der Waals surface area contributed by atoms with Gasteiger partial charge in [0, 0.05) is 12.1 Å². The lowest BCUT2D eigenvalue weighted by molar-refractivity contribution is 0.371. The normalized spacial score (nSPS) is 21.0. The molecule has 0 spiro atoms. The molecule has 2 unspecified atom stereocenters. The van der Waals surface area contributed by atoms with Crippen LogP contribution in [0.1, 0.15) is 39.5 Å². The topological polar surface area (TPSA) is 58.2 Å². The van der Waals surface area contributed by atoms with Crippen LogP contribution in [0.4, 0.5) is 5.69 Å². The van der Waals surface area contributed by atoms with Gasteiger partial charge in [0.1, 0.15) is 0 Å². The highest BCUT2D eigenvalue weighted by Gasteiger charge is 2.19. The minimum atomic E-state index is -3.19. The van der Waals surface area contributed by atoms with E-state index in [1.807, 2.05) is 12.1 Å². The van der Waals surface area contributed by atoms with Crippen molar-refractivity contribution < 1.29 is 8.42 Å². The molecule has 1 aliphatic heterocycles. The lowest BCUT2D eigenvalue weighted by Gasteiger charge is -2.27. The summed E-state index contributed by atoms with van der Waals surface area (Å²) >= 11 is 0. The van der Waals surface area contributed by atoms with Gasteiger partial charge in [-0.05, 0) is 44.9 Å². The molecule has 0 aliphatic carbocycles. The molecule has 118 valence electrons. The Labute approximate surface area is 128 Å². The molecule has 1 aromatic carbocycles. The Hall–Kier alpha value is -1.07. The van der Waals surface area contributed by atoms with E-state index in [0.717, 1.165) is 18.7 Å². The van der Waals surface area contributed by atoms with Gasteiger partial charge in [-0.15, -0.1) is 0 Å². The van der Waals surface area contributed by atoms with Crippen LogP contribution >= 0.6 is 0 Å². The van der Waals surface area contributed by atoms with Crippen molar-refractivity contribution in [3.63, 3.8) is 0 Å². The van der Waals surface area contributed by atoms with E-state index in [2.05, 4.69) is 17.6 Å². The average Bonchev–Trinajstić information content (AvgIpc) is 2.48. The Morgan fingerprint density at radius 2 is 2.10 bits per heavy atom. The maximum atomic E-state index is 12.1. The first-order valence-electron chi connectivity index (χ1n) is 7.84. The minimum absolute atomic E-state index is 0.129. The molecular weight excluding hydrogens is 284 g/mol. The second-order valence-electron chi connectivity index (χ2n) is 5.83. The summed E-state index contributed by atoms with van der Waals surface area (Å²) in [4.78, 5) is 0.413. The van der Waals surface area contributed by atoms with Gasteiger partial charge in [-0.25, -0.2) is 8.42 Å². The predicted molar refractivity (Wildman–Crippen MR) is 87.5 cm³/mol. The molecule has 21 heavy (non-hydrogen) atoms. The molecule has 1 saturated heterocycles. The number of para-hydroxylation sites is 1. The van der Waals surface area contributed by atoms with E-state index >= 15 is 0 Å². The Morgan fingerprint density at radius 3 is 2.76 bits per heavy atom. The molecular formula is C16H26N2O2S. The molecule has 0 radical (unpaired) electrons. The molecule has 1 aliphatic rings. The van der Waals surface area contributed by atoms with Crippen LogP contribution in [0.5, 0.6) is 0 Å². The maximum absolute atomic E-state index is 12.1. The average molecular weight is 310 g/mol. The number of benzene rings is 1. The molecule has 0 saturated carbocycles. The number of hydrogen-bond donors (Lipinski definition) is 2. The first kappa shape index (κ1) is 16.3. The van der Waals surface area contributed by atoms with Crippen LogP contribution in [-0.2, 0) is 9.84 Å². The van der Waals surface area contributed by atoms with Crippen molar-refractivity contribution in [3.05, 3.63) is 24.3 Å². The SMILES string of the molecule is CCS(=O)(=O)c1ccccc1NC(C)CC1CCCCN1. The summed E-state index contributed by atoms with van der Waals surface area (Å²) in [5, 5.41) is 6.91. The number of anilines is 1. The molecule has 1 fully saturated rings. The van der Waals surface area contributed by atoms with Crippen molar-refractivity contribution in [3.8, 4) is 0 Å². The zero-order chi connectivity index (χ0) is 15.3. The smallest absolute Gasteiger partial charge is 0.180 e. The number of rotatable bonds is 6. The second-order valence-corrected chi connectivity index (χ2v) is 8.07. The maximum Gasteiger partial charge on any atom is 0.180 e. The Morgan fingerprint density at radius 1 is 1.33 bits per heavy atom. The highest BCUT2D eigenvalue weighted by molar-refractivity contribution is 7.91. The fourth-order valence-corrected chi connectivity index (χ4v) is 3.95. The third-order valence-corrected chi connectivity index (χ3v) is 5.84. The highest BCUT2D eigenvalue weighted by atomic mass is 32.2. The van der Waals surface area contributed by atoms with Crippen LogP contribution < -0.4 is 10.6 Å². The Kier molecular flexibility index (Phi) is 5.65. The third-order valence-electron chi connectivity index (χ3n) is 4.05. The zero-order valence-electron chi connectivity index (χ0n) is 12.9. The largest absolute Gasteiger partial charge is 0.381 e. The van der Waals surface area contributed by atoms with Crippen LogP contribution in [0.15, 0.2) is 29.2 Å². The molecule has 1 heterocycles. The van der Waals surface area contributed by atoms with Crippen LogP contribution in [-0.4, -0.2) is 32.8 Å². The van der Waals surface area contributed by atoms with Crippen LogP contribution in [0, 0.1) is 0 Å². The summed E-state index contributed by atoms with van der Waals surface area (Å²) in [6.45, 7) is 4.89. The minimum Gasteiger partial charge on any atom is -0.381 e. The van der Waals surface area contributed by atoms with Crippen molar-refractivity contribution in [2.45, 2.75) is 56.5 Å². The van der Waals surface area contributed by atoms with Gasteiger partial charge < -0.3 is 10.6 Å². The zero-order valence-corrected chi connectivity index (χ0v) is 13.7. The van der Waals surface area contributed by atoms with Gasteiger partial charge in [-0.1, -0.05) is 25.5 Å². The van der Waals surface area contributed by atoms with E-state index in [1.165, 1.54) is 19.3 Å². The van der Waals surface area contributed by atoms with Gasteiger partial charge in [0.15, 0.2) is 9.84 Å². The van der Waals surface area contributed by atoms with Gasteiger partial charge in [-0.3, -0.25) is 0 Å². The summed E-state index contributed by atoms with van der Waals surface area (Å²) < 4.78 is 24.3. The van der Waals surface area contributed by atoms with Crippen molar-refractivity contribution in [1.29, 1.82) is 0 Å². The lowest BCUT2D eigenvalue weighted by Crippen LogP contribution is -2.37. The molecule has 1 aromatic rings. The lowest BCUT2D eigenvalue weighted by atomic mass is 9.99. The second kappa shape index (κ2) is 7.27. The number of hydrogen-bond acceptors (Lipinski definition) is 4. The van der Waals surface area contributed by atoms with Gasteiger partial charge >= 0.3 is 0 Å². The summed E-state index contributed by atoms with van der Waals surface area (Å²) in [6.07, 6.45) is 4.77. The first-order valence-corrected chi connectivity index (χ1v) is 9.50. The van der Waals surface area contributed by atoms with Gasteiger partial charge in [-0.2, -0.15) is 0 Å². The highest BCUT2D eigenvalue weighted by Crippen LogP contribution is 2.24. The van der Waals surface area contributed by atoms with Gasteiger partial charge in [0.05, 0.1) is 16.3 Å². The summed E-state index contributed by atoms with van der Waals surface area (Å²) in [7, 11) is -3.19. The van der Waals surface area contributed by atoms with E-state index < -0.39 is 9.84 Å². The van der Waals surface area contributed by atoms with Crippen molar-refractivity contribution >= 4 is 15.5 Å². The van der Waals surface area contributed by atoms with Crippen molar-refractivity contribution in [2.24, 2.45) is 0 Å². The van der Waals surface area contributed by atoms with E-state index in [0.29, 0.717) is 10.9 Å². The van der Waals surface area contributed by atoms with E-state index in [-0.39, 0.29) is 11.8 Å². The van der Waals surface area contributed by atoms with Crippen LogP contribution in [0.3, 0.4) is 0 Å². The number of sulfone groups is 1. The molecule has 0 bridgehead atoms. The van der Waals surface area contributed by atoms with Gasteiger partial charge in [0.2, 0.25) is 0 Å². The fourth-order valence-electron chi connectivity index (χ4n) is 2.89. The van der Waals surface area contributed by atoms with E-state index in [9.17, 15) is 8.42 Å². The quantitative estimate of drug-likeness (QED) is 0.848. The van der Waals surface area contributed by atoms with E-state index in [1.54, 1.807) is 19.1 Å². The number of nitrogens with one attached hydrogen (secondary N) is 2. The van der Waals surface area contributed by atoms with Crippen molar-refractivity contribution in [1.82, 2.24) is 5.32 Å². The molecule has 0 aromatic heterocycles. The molecule has 0 amide bonds. The third kappa shape index (κ3) is 4.45. The Balaban J connectivity index is 2.05. The Bertz CT molecular complexity index is 551. The monoisotopic (exact) mass is 310 g/mol. The summed E-state index contributed by atoms with van der Waals surface area (Å²) in [6, 6.07) is 7.98. The van der Waals surface area contributed by atoms with E-state index in [4.69, 9.17) is 0 Å². The van der Waals surface area contributed by atoms with Gasteiger partial charge in [0.25, 0.3) is 0 Å². The van der Waals surface area contributed by atoms with Crippen molar-refractivity contribution in [2.75, 3.05) is 17.6 Å². The first-order chi connectivity index (χ1) is 10.0. The molecule has 4 nitrogen and oxygen atoms in total. The molecule has 2 N–H and O–H groups in total. The van der Waals surface area contributed by atoms with Crippen LogP contribution in [0.25, 0.3) is 0 Å². The summed E-state index contributed by atoms with van der Waals surface area (Å²) in [5.74, 6) is 0.129. The molecule has 2 rings (SSSR count). The molecule has 2 atom stereocenters. The number of piperidine rings is 1. The van der Waals surface area contributed by atoms with Crippen LogP contribution in [0.2, 0.25) is 0 Å². The standard InChI is InChI=1S/C16H26N2O2S/c1-3-21(19,20)16-10-5-4-9-15(16)18-13(2)12-14-8-6-7-11-17-14/h4-5,9-10,13-14,17-18H,3,6-8,11-12H2,1-2H3. The predicted octanol–water partition coefficient (Wildman–Crippen LogP) is 2.81. The fraction of sp³-hybridized carbons (Fsp3) is 0.625. The summed E-state index contributed by atoms with van der Waals surface area (Å²) in [5.41, 5.74) is 0.725. The molecule has 5 heteroatoms.